The zero-order chi connectivity index (χ0) is 13.6. The monoisotopic (exact) mass is 270 g/mol. The Bertz CT molecular complexity index is 279. The van der Waals surface area contributed by atoms with Gasteiger partial charge in [0.25, 0.3) is 0 Å². The van der Waals surface area contributed by atoms with E-state index in [1.165, 1.54) is 0 Å². The number of thiocarbonyl (C=S) groups is 1. The number of alkyl halides is 3. The first kappa shape index (κ1) is 16.1. The standard InChI is InChI=1S/C10H17F3N2OS/c1-7(2)6-15(4-3-8(14)17)9(16)5-10(11,12)13/h7H,3-6H2,1-2H3,(H2,14,17). The largest absolute Gasteiger partial charge is 0.397 e. The first-order valence-corrected chi connectivity index (χ1v) is 5.65. The molecule has 0 aliphatic heterocycles. The van der Waals surface area contributed by atoms with Crippen LogP contribution >= 0.6 is 12.2 Å². The molecule has 0 aromatic rings. The molecular weight excluding hydrogens is 253 g/mol. The maximum absolute atomic E-state index is 12.1. The van der Waals surface area contributed by atoms with Crippen LogP contribution in [0.1, 0.15) is 26.7 Å². The molecule has 0 unspecified atom stereocenters. The molecular formula is C10H17F3N2OS. The molecule has 0 aromatic carbocycles. The zero-order valence-corrected chi connectivity index (χ0v) is 10.7. The lowest BCUT2D eigenvalue weighted by atomic mass is 10.2. The molecule has 0 fully saturated rings. The van der Waals surface area contributed by atoms with Crippen molar-refractivity contribution in [1.82, 2.24) is 4.90 Å². The molecule has 0 saturated heterocycles. The molecule has 2 N–H and O–H groups in total. The lowest BCUT2D eigenvalue weighted by Crippen LogP contribution is -2.38. The van der Waals surface area contributed by atoms with Gasteiger partial charge in [-0.2, -0.15) is 13.2 Å². The predicted octanol–water partition coefficient (Wildman–Crippen LogP) is 2.10. The summed E-state index contributed by atoms with van der Waals surface area (Å²) in [6, 6.07) is 0. The molecule has 7 heteroatoms. The predicted molar refractivity (Wildman–Crippen MR) is 63.5 cm³/mol. The second-order valence-electron chi connectivity index (χ2n) is 4.24. The summed E-state index contributed by atoms with van der Waals surface area (Å²) in [5, 5.41) is 0. The van der Waals surface area contributed by atoms with E-state index in [9.17, 15) is 18.0 Å². The molecule has 0 radical (unpaired) electrons. The van der Waals surface area contributed by atoms with E-state index in [1.807, 2.05) is 13.8 Å². The van der Waals surface area contributed by atoms with E-state index in [2.05, 4.69) is 12.2 Å². The van der Waals surface area contributed by atoms with Crippen LogP contribution in [0.25, 0.3) is 0 Å². The van der Waals surface area contributed by atoms with E-state index in [0.717, 1.165) is 4.90 Å². The number of amides is 1. The third-order valence-electron chi connectivity index (χ3n) is 1.92. The summed E-state index contributed by atoms with van der Waals surface area (Å²) in [7, 11) is 0. The van der Waals surface area contributed by atoms with E-state index in [0.29, 0.717) is 0 Å². The van der Waals surface area contributed by atoms with Gasteiger partial charge in [-0.25, -0.2) is 0 Å². The molecule has 0 saturated carbocycles. The Morgan fingerprint density at radius 2 is 1.94 bits per heavy atom. The number of nitrogens with two attached hydrogens (primary N) is 1. The van der Waals surface area contributed by atoms with Gasteiger partial charge in [0.15, 0.2) is 0 Å². The minimum absolute atomic E-state index is 0.0959. The highest BCUT2D eigenvalue weighted by Gasteiger charge is 2.33. The van der Waals surface area contributed by atoms with Crippen LogP contribution in [0.3, 0.4) is 0 Å². The summed E-state index contributed by atoms with van der Waals surface area (Å²) in [5.41, 5.74) is 5.27. The second-order valence-corrected chi connectivity index (χ2v) is 4.77. The van der Waals surface area contributed by atoms with Gasteiger partial charge in [0.2, 0.25) is 5.91 Å². The van der Waals surface area contributed by atoms with Gasteiger partial charge in [-0.1, -0.05) is 26.1 Å². The van der Waals surface area contributed by atoms with Gasteiger partial charge < -0.3 is 10.6 Å². The first-order chi connectivity index (χ1) is 7.61. The van der Waals surface area contributed by atoms with Gasteiger partial charge in [-0.05, 0) is 5.92 Å². The quantitative estimate of drug-likeness (QED) is 0.752. The third kappa shape index (κ3) is 8.91. The average Bonchev–Trinajstić information content (AvgIpc) is 2.08. The van der Waals surface area contributed by atoms with Crippen molar-refractivity contribution in [3.8, 4) is 0 Å². The van der Waals surface area contributed by atoms with Gasteiger partial charge in [-0.15, -0.1) is 0 Å². The van der Waals surface area contributed by atoms with Crippen molar-refractivity contribution < 1.29 is 18.0 Å². The number of hydrogen-bond acceptors (Lipinski definition) is 2. The van der Waals surface area contributed by atoms with Crippen molar-refractivity contribution in [2.75, 3.05) is 13.1 Å². The van der Waals surface area contributed by atoms with Crippen molar-refractivity contribution in [1.29, 1.82) is 0 Å². The number of rotatable bonds is 6. The second kappa shape index (κ2) is 6.78. The van der Waals surface area contributed by atoms with Gasteiger partial charge in [0.1, 0.15) is 6.42 Å². The Balaban J connectivity index is 4.45. The first-order valence-electron chi connectivity index (χ1n) is 5.24. The molecule has 0 rings (SSSR count). The van der Waals surface area contributed by atoms with Crippen molar-refractivity contribution in [3.05, 3.63) is 0 Å². The molecule has 1 amide bonds. The van der Waals surface area contributed by atoms with E-state index < -0.39 is 18.5 Å². The lowest BCUT2D eigenvalue weighted by Gasteiger charge is -2.25. The van der Waals surface area contributed by atoms with Crippen LogP contribution in [-0.2, 0) is 4.79 Å². The van der Waals surface area contributed by atoms with Crippen LogP contribution < -0.4 is 5.73 Å². The Labute approximate surface area is 104 Å². The van der Waals surface area contributed by atoms with Crippen molar-refractivity contribution in [2.24, 2.45) is 11.7 Å². The van der Waals surface area contributed by atoms with E-state index in [4.69, 9.17) is 5.73 Å². The van der Waals surface area contributed by atoms with Gasteiger partial charge in [0.05, 0.1) is 4.99 Å². The molecule has 0 bridgehead atoms. The molecule has 0 aromatic heterocycles. The summed E-state index contributed by atoms with van der Waals surface area (Å²) < 4.78 is 36.3. The van der Waals surface area contributed by atoms with Crippen LogP contribution in [0.2, 0.25) is 0 Å². The van der Waals surface area contributed by atoms with E-state index in [1.54, 1.807) is 0 Å². The Morgan fingerprint density at radius 3 is 2.29 bits per heavy atom. The molecule has 0 heterocycles. The van der Waals surface area contributed by atoms with Gasteiger partial charge in [0, 0.05) is 19.5 Å². The van der Waals surface area contributed by atoms with E-state index >= 15 is 0 Å². The highest BCUT2D eigenvalue weighted by Crippen LogP contribution is 2.21. The van der Waals surface area contributed by atoms with Crippen molar-refractivity contribution in [3.63, 3.8) is 0 Å². The summed E-state index contributed by atoms with van der Waals surface area (Å²) in [5.74, 6) is -0.832. The van der Waals surface area contributed by atoms with Gasteiger partial charge in [-0.3, -0.25) is 4.79 Å². The lowest BCUT2D eigenvalue weighted by molar-refractivity contribution is -0.161. The van der Waals surface area contributed by atoms with Crippen LogP contribution in [0, 0.1) is 5.92 Å². The number of carbonyl (C=O) groups is 1. The fraction of sp³-hybridized carbons (Fsp3) is 0.800. The number of halogens is 3. The maximum Gasteiger partial charge on any atom is 0.397 e. The minimum atomic E-state index is -4.48. The Hall–Kier alpha value is -0.850. The fourth-order valence-corrected chi connectivity index (χ4v) is 1.38. The normalized spacial score (nSPS) is 11.6. The molecule has 100 valence electrons. The topological polar surface area (TPSA) is 46.3 Å². The Morgan fingerprint density at radius 1 is 1.41 bits per heavy atom. The molecule has 17 heavy (non-hydrogen) atoms. The molecule has 0 aliphatic rings. The fourth-order valence-electron chi connectivity index (χ4n) is 1.29. The summed E-state index contributed by atoms with van der Waals surface area (Å²) in [4.78, 5) is 12.8. The van der Waals surface area contributed by atoms with Crippen LogP contribution in [-0.4, -0.2) is 35.1 Å². The SMILES string of the molecule is CC(C)CN(CCC(N)=S)C(=O)CC(F)(F)F. The van der Waals surface area contributed by atoms with Crippen LogP contribution in [0.15, 0.2) is 0 Å². The number of carbonyl (C=O) groups excluding carboxylic acids is 1. The summed E-state index contributed by atoms with van der Waals surface area (Å²) >= 11 is 4.64. The molecule has 3 nitrogen and oxygen atoms in total. The van der Waals surface area contributed by atoms with Gasteiger partial charge >= 0.3 is 6.18 Å². The summed E-state index contributed by atoms with van der Waals surface area (Å²) in [6.07, 6.45) is -5.67. The van der Waals surface area contributed by atoms with E-state index in [-0.39, 0.29) is 30.4 Å². The Kier molecular flexibility index (Phi) is 6.44. The van der Waals surface area contributed by atoms with Crippen LogP contribution in [0.5, 0.6) is 0 Å². The van der Waals surface area contributed by atoms with Crippen LogP contribution in [0.4, 0.5) is 13.2 Å². The third-order valence-corrected chi connectivity index (χ3v) is 2.12. The highest BCUT2D eigenvalue weighted by molar-refractivity contribution is 7.80. The average molecular weight is 270 g/mol. The molecule has 0 aliphatic carbocycles. The zero-order valence-electron chi connectivity index (χ0n) is 9.88. The molecule has 0 atom stereocenters. The minimum Gasteiger partial charge on any atom is -0.393 e. The smallest absolute Gasteiger partial charge is 0.393 e. The molecule has 0 spiro atoms. The summed E-state index contributed by atoms with van der Waals surface area (Å²) in [6.45, 7) is 4.07. The highest BCUT2D eigenvalue weighted by atomic mass is 32.1. The van der Waals surface area contributed by atoms with Crippen molar-refractivity contribution in [2.45, 2.75) is 32.9 Å². The van der Waals surface area contributed by atoms with Crippen molar-refractivity contribution >= 4 is 23.1 Å². The number of hydrogen-bond donors (Lipinski definition) is 1. The maximum atomic E-state index is 12.1. The number of nitrogens with zero attached hydrogens (tertiary/aromatic N) is 1.